The van der Waals surface area contributed by atoms with Crippen molar-refractivity contribution in [1.82, 2.24) is 9.36 Å². The van der Waals surface area contributed by atoms with Gasteiger partial charge in [0.1, 0.15) is 6.04 Å². The largest absolute Gasteiger partial charge is 0.382 e. The van der Waals surface area contributed by atoms with Gasteiger partial charge in [-0.05, 0) is 0 Å². The normalized spacial score (nSPS) is 12.1. The fourth-order valence-corrected chi connectivity index (χ4v) is 2.14. The van der Waals surface area contributed by atoms with Crippen LogP contribution in [0.1, 0.15) is 0 Å². The third-order valence-corrected chi connectivity index (χ3v) is 3.08. The van der Waals surface area contributed by atoms with Crippen LogP contribution in [0.15, 0.2) is 30.3 Å². The second-order valence-corrected chi connectivity index (χ2v) is 4.60. The molecule has 3 N–H and O–H groups in total. The van der Waals surface area contributed by atoms with E-state index in [2.05, 4.69) is 14.7 Å². The number of carbonyl (C=O) groups excluding carboxylic acids is 1. The van der Waals surface area contributed by atoms with Gasteiger partial charge in [-0.2, -0.15) is 9.36 Å². The molecule has 0 saturated carbocycles. The van der Waals surface area contributed by atoms with Gasteiger partial charge in [-0.25, -0.2) is 0 Å². The van der Waals surface area contributed by atoms with E-state index in [1.54, 1.807) is 0 Å². The zero-order valence-corrected chi connectivity index (χ0v) is 11.2. The van der Waals surface area contributed by atoms with E-state index in [9.17, 15) is 4.79 Å². The monoisotopic (exact) mass is 278 g/mol. The maximum absolute atomic E-state index is 11.2. The van der Waals surface area contributed by atoms with Gasteiger partial charge in [0, 0.05) is 24.2 Å². The molecule has 1 unspecified atom stereocenters. The number of amides is 1. The summed E-state index contributed by atoms with van der Waals surface area (Å²) in [6, 6.07) is 9.00. The zero-order chi connectivity index (χ0) is 13.7. The predicted octanol–water partition coefficient (Wildman–Crippen LogP) is 1.12. The minimum absolute atomic E-state index is 0.190. The van der Waals surface area contributed by atoms with E-state index >= 15 is 0 Å². The van der Waals surface area contributed by atoms with Gasteiger partial charge in [0.05, 0.1) is 6.61 Å². The van der Waals surface area contributed by atoms with E-state index in [1.165, 1.54) is 18.6 Å². The fourth-order valence-electron chi connectivity index (χ4n) is 1.50. The van der Waals surface area contributed by atoms with E-state index in [-0.39, 0.29) is 6.61 Å². The average molecular weight is 278 g/mol. The molecule has 2 aromatic rings. The van der Waals surface area contributed by atoms with Crippen LogP contribution in [0, 0.1) is 0 Å². The Balaban J connectivity index is 2.11. The molecule has 0 radical (unpaired) electrons. The average Bonchev–Trinajstić information content (AvgIpc) is 2.88. The van der Waals surface area contributed by atoms with Gasteiger partial charge in [0.25, 0.3) is 0 Å². The summed E-state index contributed by atoms with van der Waals surface area (Å²) in [5, 5.41) is 3.46. The number of rotatable bonds is 6. The van der Waals surface area contributed by atoms with Crippen LogP contribution in [0.25, 0.3) is 11.4 Å². The highest BCUT2D eigenvalue weighted by molar-refractivity contribution is 7.09. The van der Waals surface area contributed by atoms with Crippen molar-refractivity contribution >= 4 is 22.6 Å². The van der Waals surface area contributed by atoms with Crippen LogP contribution < -0.4 is 11.1 Å². The molecule has 1 aromatic carbocycles. The summed E-state index contributed by atoms with van der Waals surface area (Å²) in [4.78, 5) is 15.5. The molecule has 100 valence electrons. The number of anilines is 1. The molecule has 0 aliphatic heterocycles. The topological polar surface area (TPSA) is 90.1 Å². The van der Waals surface area contributed by atoms with Crippen molar-refractivity contribution in [2.75, 3.05) is 19.0 Å². The number of primary amides is 1. The van der Waals surface area contributed by atoms with Crippen LogP contribution in [0.3, 0.4) is 0 Å². The minimum Gasteiger partial charge on any atom is -0.382 e. The minimum atomic E-state index is -0.610. The van der Waals surface area contributed by atoms with Gasteiger partial charge in [0.2, 0.25) is 11.0 Å². The SMILES string of the molecule is COCC(Nc1nc(-c2ccccc2)ns1)C(N)=O. The Morgan fingerprint density at radius 2 is 2.21 bits per heavy atom. The Morgan fingerprint density at radius 1 is 1.47 bits per heavy atom. The van der Waals surface area contributed by atoms with Crippen LogP contribution in [0.5, 0.6) is 0 Å². The number of aromatic nitrogens is 2. The van der Waals surface area contributed by atoms with Crippen LogP contribution >= 0.6 is 11.5 Å². The van der Waals surface area contributed by atoms with Gasteiger partial charge >= 0.3 is 0 Å². The van der Waals surface area contributed by atoms with Crippen molar-refractivity contribution in [3.8, 4) is 11.4 Å². The van der Waals surface area contributed by atoms with E-state index in [1.807, 2.05) is 30.3 Å². The fraction of sp³-hybridized carbons (Fsp3) is 0.250. The van der Waals surface area contributed by atoms with Crippen LogP contribution in [-0.4, -0.2) is 35.0 Å². The molecule has 1 amide bonds. The van der Waals surface area contributed by atoms with Crippen molar-refractivity contribution in [2.24, 2.45) is 5.73 Å². The molecule has 0 aliphatic rings. The summed E-state index contributed by atoms with van der Waals surface area (Å²) < 4.78 is 9.16. The molecule has 1 atom stereocenters. The van der Waals surface area contributed by atoms with Crippen molar-refractivity contribution in [2.45, 2.75) is 6.04 Å². The van der Waals surface area contributed by atoms with Gasteiger partial charge in [0.15, 0.2) is 5.82 Å². The van der Waals surface area contributed by atoms with E-state index in [4.69, 9.17) is 10.5 Å². The Labute approximate surface area is 114 Å². The number of carbonyl (C=O) groups is 1. The van der Waals surface area contributed by atoms with Gasteiger partial charge in [-0.15, -0.1) is 0 Å². The lowest BCUT2D eigenvalue weighted by molar-refractivity contribution is -0.119. The smallest absolute Gasteiger partial charge is 0.242 e. The first kappa shape index (κ1) is 13.4. The Kier molecular flexibility index (Phi) is 4.43. The molecule has 7 heteroatoms. The third kappa shape index (κ3) is 3.49. The standard InChI is InChI=1S/C12H14N4O2S/c1-18-7-9(10(13)17)14-12-15-11(16-19-12)8-5-3-2-4-6-8/h2-6,9H,7H2,1H3,(H2,13,17)(H,14,15,16). The quantitative estimate of drug-likeness (QED) is 0.826. The highest BCUT2D eigenvalue weighted by Crippen LogP contribution is 2.21. The zero-order valence-electron chi connectivity index (χ0n) is 10.4. The van der Waals surface area contributed by atoms with E-state index < -0.39 is 11.9 Å². The number of hydrogen-bond acceptors (Lipinski definition) is 6. The summed E-state index contributed by atoms with van der Waals surface area (Å²) in [5.41, 5.74) is 6.19. The summed E-state index contributed by atoms with van der Waals surface area (Å²) >= 11 is 1.18. The first-order chi connectivity index (χ1) is 9.20. The first-order valence-corrected chi connectivity index (χ1v) is 6.42. The maximum atomic E-state index is 11.2. The summed E-state index contributed by atoms with van der Waals surface area (Å²) in [6.07, 6.45) is 0. The number of nitrogens with two attached hydrogens (primary N) is 1. The van der Waals surface area contributed by atoms with E-state index in [0.29, 0.717) is 11.0 Å². The third-order valence-electron chi connectivity index (χ3n) is 2.43. The van der Waals surface area contributed by atoms with Crippen LogP contribution in [0.2, 0.25) is 0 Å². The molecule has 2 rings (SSSR count). The van der Waals surface area contributed by atoms with Crippen molar-refractivity contribution in [3.63, 3.8) is 0 Å². The first-order valence-electron chi connectivity index (χ1n) is 5.64. The lowest BCUT2D eigenvalue weighted by Gasteiger charge is -2.12. The second kappa shape index (κ2) is 6.26. The number of hydrogen-bond donors (Lipinski definition) is 2. The molecule has 6 nitrogen and oxygen atoms in total. The molecular formula is C12H14N4O2S. The lowest BCUT2D eigenvalue weighted by Crippen LogP contribution is -2.38. The summed E-state index contributed by atoms with van der Waals surface area (Å²) in [7, 11) is 1.51. The Morgan fingerprint density at radius 3 is 2.84 bits per heavy atom. The molecule has 0 spiro atoms. The Hall–Kier alpha value is -1.99. The molecule has 0 fully saturated rings. The number of nitrogens with zero attached hydrogens (tertiary/aromatic N) is 2. The second-order valence-electron chi connectivity index (χ2n) is 3.84. The molecular weight excluding hydrogens is 264 g/mol. The van der Waals surface area contributed by atoms with Crippen LogP contribution in [-0.2, 0) is 9.53 Å². The predicted molar refractivity (Wildman–Crippen MR) is 73.8 cm³/mol. The number of methoxy groups -OCH3 is 1. The lowest BCUT2D eigenvalue weighted by atomic mass is 10.2. The van der Waals surface area contributed by atoms with Crippen molar-refractivity contribution in [1.29, 1.82) is 0 Å². The molecule has 1 aromatic heterocycles. The molecule has 0 aliphatic carbocycles. The molecule has 19 heavy (non-hydrogen) atoms. The number of nitrogens with one attached hydrogen (secondary N) is 1. The highest BCUT2D eigenvalue weighted by Gasteiger charge is 2.17. The van der Waals surface area contributed by atoms with Crippen LogP contribution in [0.4, 0.5) is 5.13 Å². The summed E-state index contributed by atoms with van der Waals surface area (Å²) in [5.74, 6) is 0.132. The Bertz CT molecular complexity index is 544. The van der Waals surface area contributed by atoms with E-state index in [0.717, 1.165) is 5.56 Å². The summed E-state index contributed by atoms with van der Waals surface area (Å²) in [6.45, 7) is 0.190. The van der Waals surface area contributed by atoms with Gasteiger partial charge in [-0.1, -0.05) is 30.3 Å². The molecule has 1 heterocycles. The molecule has 0 bridgehead atoms. The van der Waals surface area contributed by atoms with Gasteiger partial charge in [-0.3, -0.25) is 4.79 Å². The highest BCUT2D eigenvalue weighted by atomic mass is 32.1. The number of ether oxygens (including phenoxy) is 1. The molecule has 0 saturated heterocycles. The van der Waals surface area contributed by atoms with Crippen molar-refractivity contribution in [3.05, 3.63) is 30.3 Å². The van der Waals surface area contributed by atoms with Gasteiger partial charge < -0.3 is 15.8 Å². The van der Waals surface area contributed by atoms with Crippen molar-refractivity contribution < 1.29 is 9.53 Å². The number of benzene rings is 1. The maximum Gasteiger partial charge on any atom is 0.242 e.